The Hall–Kier alpha value is -2.36. The van der Waals surface area contributed by atoms with Gasteiger partial charge >= 0.3 is 5.97 Å². The fourth-order valence-corrected chi connectivity index (χ4v) is 2.83. The molecule has 23 heavy (non-hydrogen) atoms. The van der Waals surface area contributed by atoms with Crippen molar-refractivity contribution in [3.8, 4) is 5.75 Å². The standard InChI is InChI=1S/C19H19FO3/c1-13(22-16-11-9-15(20)10-12-16)19(21)23-18-8-4-6-14-5-2-3-7-17(14)18/h2-3,5,7,9-13,18H,4,6,8H2,1H3/t13-,18?/m1/s1. The third-order valence-corrected chi connectivity index (χ3v) is 4.03. The molecule has 2 aromatic carbocycles. The quantitative estimate of drug-likeness (QED) is 0.793. The number of ether oxygens (including phenoxy) is 2. The Balaban J connectivity index is 1.64. The second-order valence-corrected chi connectivity index (χ2v) is 5.73. The Labute approximate surface area is 135 Å². The summed E-state index contributed by atoms with van der Waals surface area (Å²) < 4.78 is 24.0. The number of esters is 1. The Bertz CT molecular complexity index is 681. The number of halogens is 1. The summed E-state index contributed by atoms with van der Waals surface area (Å²) in [6, 6.07) is 13.6. The summed E-state index contributed by atoms with van der Waals surface area (Å²) in [5.41, 5.74) is 2.32. The molecule has 4 heteroatoms. The van der Waals surface area contributed by atoms with Crippen molar-refractivity contribution >= 4 is 5.97 Å². The lowest BCUT2D eigenvalue weighted by molar-refractivity contribution is -0.157. The minimum absolute atomic E-state index is 0.216. The molecule has 0 saturated carbocycles. The molecule has 0 bridgehead atoms. The SMILES string of the molecule is C[C@@H](Oc1ccc(F)cc1)C(=O)OC1CCCc2ccccc21. The Morgan fingerprint density at radius 3 is 2.70 bits per heavy atom. The molecule has 1 aliphatic carbocycles. The minimum atomic E-state index is -0.741. The fourth-order valence-electron chi connectivity index (χ4n) is 2.83. The number of hydrogen-bond acceptors (Lipinski definition) is 3. The van der Waals surface area contributed by atoms with Crippen LogP contribution in [-0.4, -0.2) is 12.1 Å². The number of carbonyl (C=O) groups excluding carboxylic acids is 1. The van der Waals surface area contributed by atoms with E-state index in [9.17, 15) is 9.18 Å². The van der Waals surface area contributed by atoms with E-state index in [0.29, 0.717) is 5.75 Å². The highest BCUT2D eigenvalue weighted by atomic mass is 19.1. The third-order valence-electron chi connectivity index (χ3n) is 4.03. The summed E-state index contributed by atoms with van der Waals surface area (Å²) in [5.74, 6) is -0.303. The second kappa shape index (κ2) is 6.82. The molecular formula is C19H19FO3. The first-order chi connectivity index (χ1) is 11.1. The van der Waals surface area contributed by atoms with Gasteiger partial charge in [0, 0.05) is 0 Å². The van der Waals surface area contributed by atoms with Crippen LogP contribution >= 0.6 is 0 Å². The van der Waals surface area contributed by atoms with Crippen LogP contribution in [0.15, 0.2) is 48.5 Å². The summed E-state index contributed by atoms with van der Waals surface area (Å²) in [6.07, 6.45) is 1.89. The summed E-state index contributed by atoms with van der Waals surface area (Å²) in [6.45, 7) is 1.64. The number of fused-ring (bicyclic) bond motifs is 1. The van der Waals surface area contributed by atoms with Crippen LogP contribution < -0.4 is 4.74 Å². The van der Waals surface area contributed by atoms with Gasteiger partial charge in [0.25, 0.3) is 0 Å². The van der Waals surface area contributed by atoms with Gasteiger partial charge in [-0.1, -0.05) is 24.3 Å². The molecule has 1 unspecified atom stereocenters. The average Bonchev–Trinajstić information content (AvgIpc) is 2.57. The van der Waals surface area contributed by atoms with Gasteiger partial charge in [-0.2, -0.15) is 0 Å². The molecule has 0 aliphatic heterocycles. The van der Waals surface area contributed by atoms with E-state index in [4.69, 9.17) is 9.47 Å². The molecule has 0 saturated heterocycles. The van der Waals surface area contributed by atoms with Crippen molar-refractivity contribution in [3.05, 3.63) is 65.5 Å². The first-order valence-electron chi connectivity index (χ1n) is 7.84. The predicted molar refractivity (Wildman–Crippen MR) is 84.7 cm³/mol. The van der Waals surface area contributed by atoms with Gasteiger partial charge in [0.2, 0.25) is 0 Å². The van der Waals surface area contributed by atoms with E-state index >= 15 is 0 Å². The summed E-state index contributed by atoms with van der Waals surface area (Å²) in [7, 11) is 0. The molecule has 0 amide bonds. The van der Waals surface area contributed by atoms with E-state index in [2.05, 4.69) is 6.07 Å². The molecule has 0 heterocycles. The highest BCUT2D eigenvalue weighted by Gasteiger charge is 2.26. The first kappa shape index (κ1) is 15.5. The molecule has 1 aliphatic rings. The van der Waals surface area contributed by atoms with Gasteiger partial charge in [-0.15, -0.1) is 0 Å². The van der Waals surface area contributed by atoms with Crippen molar-refractivity contribution < 1.29 is 18.7 Å². The largest absolute Gasteiger partial charge is 0.479 e. The Morgan fingerprint density at radius 2 is 1.91 bits per heavy atom. The lowest BCUT2D eigenvalue weighted by atomic mass is 9.89. The first-order valence-corrected chi connectivity index (χ1v) is 7.84. The molecule has 2 atom stereocenters. The van der Waals surface area contributed by atoms with Gasteiger partial charge in [0.1, 0.15) is 17.7 Å². The number of benzene rings is 2. The maximum Gasteiger partial charge on any atom is 0.347 e. The summed E-state index contributed by atoms with van der Waals surface area (Å²) in [5, 5.41) is 0. The maximum absolute atomic E-state index is 12.9. The van der Waals surface area contributed by atoms with Gasteiger partial charge in [0.15, 0.2) is 6.10 Å². The Kier molecular flexibility index (Phi) is 4.60. The molecule has 3 rings (SSSR count). The van der Waals surface area contributed by atoms with Crippen LogP contribution in [0.5, 0.6) is 5.75 Å². The van der Waals surface area contributed by atoms with Crippen LogP contribution in [-0.2, 0) is 16.0 Å². The number of rotatable bonds is 4. The highest BCUT2D eigenvalue weighted by Crippen LogP contribution is 2.32. The minimum Gasteiger partial charge on any atom is -0.479 e. The zero-order chi connectivity index (χ0) is 16.2. The molecule has 0 fully saturated rings. The van der Waals surface area contributed by atoms with Crippen LogP contribution in [0.25, 0.3) is 0 Å². The third kappa shape index (κ3) is 3.70. The lowest BCUT2D eigenvalue weighted by Gasteiger charge is -2.26. The van der Waals surface area contributed by atoms with E-state index in [-0.39, 0.29) is 11.9 Å². The number of carbonyl (C=O) groups is 1. The normalized spacial score (nSPS) is 17.9. The van der Waals surface area contributed by atoms with Gasteiger partial charge in [-0.25, -0.2) is 9.18 Å². The second-order valence-electron chi connectivity index (χ2n) is 5.73. The fraction of sp³-hybridized carbons (Fsp3) is 0.316. The van der Waals surface area contributed by atoms with Gasteiger partial charge in [-0.3, -0.25) is 0 Å². The van der Waals surface area contributed by atoms with E-state index in [1.54, 1.807) is 6.92 Å². The van der Waals surface area contributed by atoms with Crippen molar-refractivity contribution in [2.45, 2.75) is 38.4 Å². The van der Waals surface area contributed by atoms with Crippen LogP contribution in [0.4, 0.5) is 4.39 Å². The van der Waals surface area contributed by atoms with E-state index in [1.807, 2.05) is 18.2 Å². The highest BCUT2D eigenvalue weighted by molar-refractivity contribution is 5.75. The lowest BCUT2D eigenvalue weighted by Crippen LogP contribution is -2.28. The van der Waals surface area contributed by atoms with E-state index < -0.39 is 12.1 Å². The van der Waals surface area contributed by atoms with Gasteiger partial charge in [0.05, 0.1) is 0 Å². The maximum atomic E-state index is 12.9. The number of aryl methyl sites for hydroxylation is 1. The molecule has 2 aromatic rings. The van der Waals surface area contributed by atoms with Gasteiger partial charge in [-0.05, 0) is 61.6 Å². The molecule has 0 N–H and O–H groups in total. The van der Waals surface area contributed by atoms with Crippen LogP contribution in [0.3, 0.4) is 0 Å². The van der Waals surface area contributed by atoms with Crippen molar-refractivity contribution in [2.24, 2.45) is 0 Å². The summed E-state index contributed by atoms with van der Waals surface area (Å²) >= 11 is 0. The average molecular weight is 314 g/mol. The van der Waals surface area contributed by atoms with Crippen molar-refractivity contribution in [1.82, 2.24) is 0 Å². The molecule has 0 aromatic heterocycles. The van der Waals surface area contributed by atoms with Crippen LogP contribution in [0.2, 0.25) is 0 Å². The molecular weight excluding hydrogens is 295 g/mol. The van der Waals surface area contributed by atoms with Gasteiger partial charge < -0.3 is 9.47 Å². The van der Waals surface area contributed by atoms with E-state index in [0.717, 1.165) is 24.8 Å². The van der Waals surface area contributed by atoms with Crippen molar-refractivity contribution in [2.75, 3.05) is 0 Å². The van der Waals surface area contributed by atoms with E-state index in [1.165, 1.54) is 29.8 Å². The topological polar surface area (TPSA) is 35.5 Å². The van der Waals surface area contributed by atoms with Crippen molar-refractivity contribution in [3.63, 3.8) is 0 Å². The summed E-state index contributed by atoms with van der Waals surface area (Å²) in [4.78, 5) is 12.3. The Morgan fingerprint density at radius 1 is 1.17 bits per heavy atom. The zero-order valence-corrected chi connectivity index (χ0v) is 13.0. The molecule has 3 nitrogen and oxygen atoms in total. The van der Waals surface area contributed by atoms with Crippen LogP contribution in [0, 0.1) is 5.82 Å². The number of hydrogen-bond donors (Lipinski definition) is 0. The van der Waals surface area contributed by atoms with Crippen LogP contribution in [0.1, 0.15) is 37.0 Å². The molecule has 120 valence electrons. The predicted octanol–water partition coefficient (Wildman–Crippen LogP) is 4.21. The van der Waals surface area contributed by atoms with Crippen molar-refractivity contribution in [1.29, 1.82) is 0 Å². The zero-order valence-electron chi connectivity index (χ0n) is 13.0. The molecule has 0 spiro atoms. The molecule has 0 radical (unpaired) electrons. The smallest absolute Gasteiger partial charge is 0.347 e. The monoisotopic (exact) mass is 314 g/mol.